The van der Waals surface area contributed by atoms with E-state index in [2.05, 4.69) is 5.32 Å². The van der Waals surface area contributed by atoms with Crippen molar-refractivity contribution in [3.63, 3.8) is 0 Å². The van der Waals surface area contributed by atoms with Gasteiger partial charge in [0.1, 0.15) is 11.5 Å². The van der Waals surface area contributed by atoms with Gasteiger partial charge in [-0.15, -0.1) is 0 Å². The zero-order valence-electron chi connectivity index (χ0n) is 15.3. The number of hydrogen-bond acceptors (Lipinski definition) is 6. The number of ether oxygens (including phenoxy) is 3. The van der Waals surface area contributed by atoms with Gasteiger partial charge in [-0.25, -0.2) is 4.79 Å². The summed E-state index contributed by atoms with van der Waals surface area (Å²) in [5, 5.41) is 4.69. The van der Waals surface area contributed by atoms with E-state index in [1.165, 1.54) is 6.07 Å². The molecule has 0 aliphatic carbocycles. The Balaban J connectivity index is 1.30. The molecule has 0 atom stereocenters. The fourth-order valence-corrected chi connectivity index (χ4v) is 2.93. The number of carbonyl (C=O) groups is 3. The molecule has 7 nitrogen and oxygen atoms in total. The standard InChI is InChI=1S/C22H17NO6/c24-19(16-6-8-20-18(10-16)23-21(25)12-28-20)11-29-22(26)13-27-17-7-5-14-3-1-2-4-15(14)9-17/h1-10H,11-13H2,(H,23,25). The first-order chi connectivity index (χ1) is 14.1. The lowest BCUT2D eigenvalue weighted by molar-refractivity contribution is -0.144. The molecule has 7 heteroatoms. The minimum atomic E-state index is -0.652. The molecule has 3 aromatic carbocycles. The molecule has 0 radical (unpaired) electrons. The van der Waals surface area contributed by atoms with Gasteiger partial charge in [-0.05, 0) is 41.1 Å². The Hall–Kier alpha value is -3.87. The molecular weight excluding hydrogens is 374 g/mol. The highest BCUT2D eigenvalue weighted by Crippen LogP contribution is 2.28. The lowest BCUT2D eigenvalue weighted by Gasteiger charge is -2.18. The second-order valence-electron chi connectivity index (χ2n) is 6.43. The van der Waals surface area contributed by atoms with Gasteiger partial charge in [-0.2, -0.15) is 0 Å². The third-order valence-corrected chi connectivity index (χ3v) is 4.38. The van der Waals surface area contributed by atoms with E-state index >= 15 is 0 Å². The summed E-state index contributed by atoms with van der Waals surface area (Å²) in [6.07, 6.45) is 0. The van der Waals surface area contributed by atoms with Crippen molar-refractivity contribution < 1.29 is 28.6 Å². The topological polar surface area (TPSA) is 90.9 Å². The largest absolute Gasteiger partial charge is 0.482 e. The van der Waals surface area contributed by atoms with Crippen molar-refractivity contribution in [3.8, 4) is 11.5 Å². The van der Waals surface area contributed by atoms with Crippen molar-refractivity contribution in [2.75, 3.05) is 25.1 Å². The maximum atomic E-state index is 12.3. The molecule has 1 aliphatic rings. The Labute approximate surface area is 166 Å². The Bertz CT molecular complexity index is 1110. The second-order valence-corrected chi connectivity index (χ2v) is 6.43. The molecule has 0 unspecified atom stereocenters. The van der Waals surface area contributed by atoms with Crippen LogP contribution < -0.4 is 14.8 Å². The van der Waals surface area contributed by atoms with Crippen LogP contribution >= 0.6 is 0 Å². The summed E-state index contributed by atoms with van der Waals surface area (Å²) in [4.78, 5) is 35.6. The number of Topliss-reactive ketones (excluding diaryl/α,β-unsaturated/α-hetero) is 1. The van der Waals surface area contributed by atoms with Crippen molar-refractivity contribution >= 4 is 34.1 Å². The van der Waals surface area contributed by atoms with Crippen LogP contribution in [0.15, 0.2) is 60.7 Å². The number of carbonyl (C=O) groups excluding carboxylic acids is 3. The van der Waals surface area contributed by atoms with Gasteiger partial charge in [-0.3, -0.25) is 9.59 Å². The average molecular weight is 391 g/mol. The number of nitrogens with one attached hydrogen (secondary N) is 1. The molecule has 1 amide bonds. The number of anilines is 1. The molecule has 0 fully saturated rings. The fourth-order valence-electron chi connectivity index (χ4n) is 2.93. The zero-order chi connectivity index (χ0) is 20.2. The molecule has 0 saturated heterocycles. The first-order valence-corrected chi connectivity index (χ1v) is 8.95. The molecular formula is C22H17NO6. The van der Waals surface area contributed by atoms with E-state index in [1.807, 2.05) is 36.4 Å². The van der Waals surface area contributed by atoms with Gasteiger partial charge in [0.2, 0.25) is 0 Å². The first kappa shape index (κ1) is 18.5. The number of rotatable bonds is 6. The van der Waals surface area contributed by atoms with Gasteiger partial charge in [0.25, 0.3) is 5.91 Å². The van der Waals surface area contributed by atoms with E-state index in [1.54, 1.807) is 18.2 Å². The van der Waals surface area contributed by atoms with Crippen LogP contribution in [-0.2, 0) is 14.3 Å². The quantitative estimate of drug-likeness (QED) is 0.513. The van der Waals surface area contributed by atoms with Crippen molar-refractivity contribution in [2.24, 2.45) is 0 Å². The van der Waals surface area contributed by atoms with Crippen LogP contribution in [0.4, 0.5) is 5.69 Å². The van der Waals surface area contributed by atoms with Crippen LogP contribution in [0.25, 0.3) is 10.8 Å². The van der Waals surface area contributed by atoms with Gasteiger partial charge in [-0.1, -0.05) is 30.3 Å². The summed E-state index contributed by atoms with van der Waals surface area (Å²) in [6.45, 7) is -0.789. The summed E-state index contributed by atoms with van der Waals surface area (Å²) in [5.41, 5.74) is 0.718. The highest BCUT2D eigenvalue weighted by Gasteiger charge is 2.18. The minimum absolute atomic E-state index is 0.0604. The van der Waals surface area contributed by atoms with Crippen LogP contribution in [0, 0.1) is 0 Å². The SMILES string of the molecule is O=C1COc2ccc(C(=O)COC(=O)COc3ccc4ccccc4c3)cc2N1. The molecule has 4 rings (SSSR count). The summed E-state index contributed by atoms with van der Waals surface area (Å²) < 4.78 is 15.7. The highest BCUT2D eigenvalue weighted by molar-refractivity contribution is 6.01. The van der Waals surface area contributed by atoms with Gasteiger partial charge >= 0.3 is 5.97 Å². The average Bonchev–Trinajstić information content (AvgIpc) is 2.75. The molecule has 1 aliphatic heterocycles. The van der Waals surface area contributed by atoms with Crippen molar-refractivity contribution in [1.29, 1.82) is 0 Å². The normalized spacial score (nSPS) is 12.5. The third-order valence-electron chi connectivity index (χ3n) is 4.38. The maximum absolute atomic E-state index is 12.3. The lowest BCUT2D eigenvalue weighted by atomic mass is 10.1. The summed E-state index contributed by atoms with van der Waals surface area (Å²) in [6, 6.07) is 17.9. The number of esters is 1. The third kappa shape index (κ3) is 4.35. The number of ketones is 1. The summed E-state index contributed by atoms with van der Waals surface area (Å²) in [5.74, 6) is -0.313. The second kappa shape index (κ2) is 8.02. The molecule has 0 bridgehead atoms. The first-order valence-electron chi connectivity index (χ1n) is 8.95. The Kier molecular flexibility index (Phi) is 5.11. The van der Waals surface area contributed by atoms with E-state index < -0.39 is 18.4 Å². The lowest BCUT2D eigenvalue weighted by Crippen LogP contribution is -2.25. The van der Waals surface area contributed by atoms with Gasteiger partial charge in [0.15, 0.2) is 25.6 Å². The van der Waals surface area contributed by atoms with Crippen molar-refractivity contribution in [1.82, 2.24) is 0 Å². The molecule has 0 spiro atoms. The Morgan fingerprint density at radius 1 is 0.966 bits per heavy atom. The van der Waals surface area contributed by atoms with Gasteiger partial charge in [0.05, 0.1) is 5.69 Å². The maximum Gasteiger partial charge on any atom is 0.344 e. The van der Waals surface area contributed by atoms with Crippen LogP contribution in [0.5, 0.6) is 11.5 Å². The number of fused-ring (bicyclic) bond motifs is 2. The van der Waals surface area contributed by atoms with E-state index in [0.29, 0.717) is 22.7 Å². The molecule has 146 valence electrons. The van der Waals surface area contributed by atoms with Crippen molar-refractivity contribution in [2.45, 2.75) is 0 Å². The molecule has 1 heterocycles. The smallest absolute Gasteiger partial charge is 0.344 e. The minimum Gasteiger partial charge on any atom is -0.482 e. The van der Waals surface area contributed by atoms with Crippen LogP contribution in [0.3, 0.4) is 0 Å². The Morgan fingerprint density at radius 3 is 2.66 bits per heavy atom. The van der Waals surface area contributed by atoms with Crippen LogP contribution in [-0.4, -0.2) is 37.5 Å². The monoisotopic (exact) mass is 391 g/mol. The predicted molar refractivity (Wildman–Crippen MR) is 105 cm³/mol. The highest BCUT2D eigenvalue weighted by atomic mass is 16.6. The van der Waals surface area contributed by atoms with E-state index in [9.17, 15) is 14.4 Å². The van der Waals surface area contributed by atoms with Crippen molar-refractivity contribution in [3.05, 3.63) is 66.2 Å². The Morgan fingerprint density at radius 2 is 1.79 bits per heavy atom. The molecule has 0 saturated carbocycles. The summed E-state index contributed by atoms with van der Waals surface area (Å²) >= 11 is 0. The van der Waals surface area contributed by atoms with Gasteiger partial charge < -0.3 is 19.5 Å². The zero-order valence-corrected chi connectivity index (χ0v) is 15.3. The fraction of sp³-hybridized carbons (Fsp3) is 0.136. The molecule has 3 aromatic rings. The molecule has 1 N–H and O–H groups in total. The predicted octanol–water partition coefficient (Wildman–Crippen LogP) is 2.98. The van der Waals surface area contributed by atoms with Crippen LogP contribution in [0.1, 0.15) is 10.4 Å². The summed E-state index contributed by atoms with van der Waals surface area (Å²) in [7, 11) is 0. The van der Waals surface area contributed by atoms with E-state index in [4.69, 9.17) is 14.2 Å². The molecule has 0 aromatic heterocycles. The number of amides is 1. The van der Waals surface area contributed by atoms with Gasteiger partial charge in [0, 0.05) is 5.56 Å². The molecule has 29 heavy (non-hydrogen) atoms. The number of hydrogen-bond donors (Lipinski definition) is 1. The number of benzene rings is 3. The van der Waals surface area contributed by atoms with E-state index in [0.717, 1.165) is 10.8 Å². The van der Waals surface area contributed by atoms with Crippen LogP contribution in [0.2, 0.25) is 0 Å². The van der Waals surface area contributed by atoms with E-state index in [-0.39, 0.29) is 19.1 Å².